The van der Waals surface area contributed by atoms with Gasteiger partial charge in [-0.15, -0.1) is 0 Å². The van der Waals surface area contributed by atoms with Gasteiger partial charge in [-0.2, -0.15) is 0 Å². The standard InChI is InChI=1S/C13H17N3O2S2/c1-20(17,18)15-10-6-8-16(9-7-10)13-14-11-4-2-3-5-12(11)19-13/h2-5,10,15H,6-9H2,1H3. The van der Waals surface area contributed by atoms with Crippen molar-refractivity contribution in [3.05, 3.63) is 24.3 Å². The summed E-state index contributed by atoms with van der Waals surface area (Å²) in [5.74, 6) is 0. The number of hydrogen-bond acceptors (Lipinski definition) is 5. The van der Waals surface area contributed by atoms with Crippen LogP contribution in [0.25, 0.3) is 10.2 Å². The summed E-state index contributed by atoms with van der Waals surface area (Å²) in [6.45, 7) is 1.68. The molecule has 1 saturated heterocycles. The molecule has 0 atom stereocenters. The molecule has 2 heterocycles. The highest BCUT2D eigenvalue weighted by Gasteiger charge is 2.23. The predicted octanol–water partition coefficient (Wildman–Crippen LogP) is 1.81. The van der Waals surface area contributed by atoms with Crippen LogP contribution < -0.4 is 9.62 Å². The number of piperidine rings is 1. The molecular weight excluding hydrogens is 294 g/mol. The lowest BCUT2D eigenvalue weighted by atomic mass is 10.1. The zero-order chi connectivity index (χ0) is 14.2. The molecule has 108 valence electrons. The van der Waals surface area contributed by atoms with E-state index in [-0.39, 0.29) is 6.04 Å². The monoisotopic (exact) mass is 311 g/mol. The van der Waals surface area contributed by atoms with Crippen molar-refractivity contribution in [1.29, 1.82) is 0 Å². The molecule has 1 aliphatic heterocycles. The van der Waals surface area contributed by atoms with Gasteiger partial charge in [-0.25, -0.2) is 18.1 Å². The molecule has 1 fully saturated rings. The number of sulfonamides is 1. The van der Waals surface area contributed by atoms with Gasteiger partial charge in [-0.3, -0.25) is 0 Å². The van der Waals surface area contributed by atoms with Crippen molar-refractivity contribution in [3.8, 4) is 0 Å². The minimum Gasteiger partial charge on any atom is -0.348 e. The molecule has 0 bridgehead atoms. The van der Waals surface area contributed by atoms with E-state index in [9.17, 15) is 8.42 Å². The number of fused-ring (bicyclic) bond motifs is 1. The molecule has 0 saturated carbocycles. The van der Waals surface area contributed by atoms with Gasteiger partial charge in [-0.05, 0) is 25.0 Å². The molecule has 1 N–H and O–H groups in total. The summed E-state index contributed by atoms with van der Waals surface area (Å²) in [6.07, 6.45) is 2.86. The van der Waals surface area contributed by atoms with E-state index >= 15 is 0 Å². The minimum atomic E-state index is -3.11. The van der Waals surface area contributed by atoms with E-state index in [4.69, 9.17) is 0 Å². The molecule has 0 unspecified atom stereocenters. The number of benzene rings is 1. The van der Waals surface area contributed by atoms with Crippen molar-refractivity contribution < 1.29 is 8.42 Å². The third-order valence-electron chi connectivity index (χ3n) is 3.43. The average molecular weight is 311 g/mol. The first-order chi connectivity index (χ1) is 9.51. The Morgan fingerprint density at radius 3 is 2.65 bits per heavy atom. The van der Waals surface area contributed by atoms with Crippen LogP contribution >= 0.6 is 11.3 Å². The number of nitrogens with one attached hydrogen (secondary N) is 1. The molecule has 0 amide bonds. The summed E-state index contributed by atoms with van der Waals surface area (Å²) in [5.41, 5.74) is 1.03. The minimum absolute atomic E-state index is 0.0515. The fourth-order valence-electron chi connectivity index (χ4n) is 2.49. The summed E-state index contributed by atoms with van der Waals surface area (Å²) in [5, 5.41) is 1.03. The average Bonchev–Trinajstić information content (AvgIpc) is 2.81. The molecule has 1 aromatic heterocycles. The molecule has 1 aliphatic rings. The molecular formula is C13H17N3O2S2. The maximum absolute atomic E-state index is 11.2. The zero-order valence-corrected chi connectivity index (χ0v) is 12.9. The van der Waals surface area contributed by atoms with E-state index in [1.165, 1.54) is 11.0 Å². The van der Waals surface area contributed by atoms with Crippen LogP contribution in [0.15, 0.2) is 24.3 Å². The Labute approximate surface area is 122 Å². The zero-order valence-electron chi connectivity index (χ0n) is 11.2. The Morgan fingerprint density at radius 2 is 2.00 bits per heavy atom. The van der Waals surface area contributed by atoms with Crippen molar-refractivity contribution in [2.45, 2.75) is 18.9 Å². The lowest BCUT2D eigenvalue weighted by Gasteiger charge is -2.31. The van der Waals surface area contributed by atoms with Crippen LogP contribution in [-0.4, -0.2) is 38.8 Å². The molecule has 1 aromatic carbocycles. The van der Waals surface area contributed by atoms with E-state index in [1.807, 2.05) is 18.2 Å². The number of para-hydroxylation sites is 1. The Bertz CT molecular complexity index is 670. The summed E-state index contributed by atoms with van der Waals surface area (Å²) in [7, 11) is -3.11. The summed E-state index contributed by atoms with van der Waals surface area (Å²) >= 11 is 1.69. The van der Waals surface area contributed by atoms with Crippen molar-refractivity contribution in [1.82, 2.24) is 9.71 Å². The van der Waals surface area contributed by atoms with Gasteiger partial charge >= 0.3 is 0 Å². The highest BCUT2D eigenvalue weighted by Crippen LogP contribution is 2.30. The first-order valence-electron chi connectivity index (χ1n) is 6.59. The molecule has 5 nitrogen and oxygen atoms in total. The summed E-state index contributed by atoms with van der Waals surface area (Å²) < 4.78 is 26.3. The normalized spacial score (nSPS) is 17.8. The van der Waals surface area contributed by atoms with Gasteiger partial charge in [0.25, 0.3) is 0 Å². The van der Waals surface area contributed by atoms with Crippen LogP contribution in [0.5, 0.6) is 0 Å². The van der Waals surface area contributed by atoms with E-state index in [0.717, 1.165) is 36.6 Å². The number of hydrogen-bond donors (Lipinski definition) is 1. The smallest absolute Gasteiger partial charge is 0.208 e. The van der Waals surface area contributed by atoms with Gasteiger partial charge in [-0.1, -0.05) is 23.5 Å². The molecule has 0 radical (unpaired) electrons. The second kappa shape index (κ2) is 5.31. The summed E-state index contributed by atoms with van der Waals surface area (Å²) in [4.78, 5) is 6.88. The van der Waals surface area contributed by atoms with E-state index in [0.29, 0.717) is 0 Å². The highest BCUT2D eigenvalue weighted by atomic mass is 32.2. The second-order valence-electron chi connectivity index (χ2n) is 5.12. The number of anilines is 1. The van der Waals surface area contributed by atoms with Crippen LogP contribution in [-0.2, 0) is 10.0 Å². The maximum Gasteiger partial charge on any atom is 0.208 e. The lowest BCUT2D eigenvalue weighted by Crippen LogP contribution is -2.44. The van der Waals surface area contributed by atoms with Crippen molar-refractivity contribution in [2.75, 3.05) is 24.2 Å². The lowest BCUT2D eigenvalue weighted by molar-refractivity contribution is 0.461. The van der Waals surface area contributed by atoms with Crippen LogP contribution in [0.2, 0.25) is 0 Å². The van der Waals surface area contributed by atoms with Gasteiger partial charge in [0.05, 0.1) is 16.5 Å². The van der Waals surface area contributed by atoms with Gasteiger partial charge in [0.1, 0.15) is 0 Å². The Balaban J connectivity index is 1.68. The maximum atomic E-state index is 11.2. The Kier molecular flexibility index (Phi) is 3.66. The van der Waals surface area contributed by atoms with Crippen LogP contribution in [0, 0.1) is 0 Å². The Morgan fingerprint density at radius 1 is 1.30 bits per heavy atom. The fraction of sp³-hybridized carbons (Fsp3) is 0.462. The number of nitrogens with zero attached hydrogens (tertiary/aromatic N) is 2. The SMILES string of the molecule is CS(=O)(=O)NC1CCN(c2nc3ccccc3s2)CC1. The van der Waals surface area contributed by atoms with E-state index in [1.54, 1.807) is 11.3 Å². The van der Waals surface area contributed by atoms with Crippen molar-refractivity contribution in [2.24, 2.45) is 0 Å². The molecule has 20 heavy (non-hydrogen) atoms. The topological polar surface area (TPSA) is 62.3 Å². The molecule has 2 aromatic rings. The highest BCUT2D eigenvalue weighted by molar-refractivity contribution is 7.88. The van der Waals surface area contributed by atoms with Gasteiger partial charge in [0.2, 0.25) is 10.0 Å². The second-order valence-corrected chi connectivity index (χ2v) is 7.90. The molecule has 0 spiro atoms. The third-order valence-corrected chi connectivity index (χ3v) is 5.29. The molecule has 0 aliphatic carbocycles. The number of thiazole rings is 1. The first kappa shape index (κ1) is 13.8. The van der Waals surface area contributed by atoms with Gasteiger partial charge in [0.15, 0.2) is 5.13 Å². The third kappa shape index (κ3) is 3.11. The fourth-order valence-corrected chi connectivity index (χ4v) is 4.35. The van der Waals surface area contributed by atoms with Gasteiger partial charge < -0.3 is 4.90 Å². The quantitative estimate of drug-likeness (QED) is 0.939. The van der Waals surface area contributed by atoms with Crippen LogP contribution in [0.3, 0.4) is 0 Å². The Hall–Kier alpha value is -1.18. The van der Waals surface area contributed by atoms with E-state index < -0.39 is 10.0 Å². The van der Waals surface area contributed by atoms with Crippen molar-refractivity contribution in [3.63, 3.8) is 0 Å². The van der Waals surface area contributed by atoms with Crippen LogP contribution in [0.1, 0.15) is 12.8 Å². The first-order valence-corrected chi connectivity index (χ1v) is 9.30. The molecule has 7 heteroatoms. The molecule has 3 rings (SSSR count). The number of aromatic nitrogens is 1. The van der Waals surface area contributed by atoms with Gasteiger partial charge in [0, 0.05) is 19.1 Å². The van der Waals surface area contributed by atoms with E-state index in [2.05, 4.69) is 20.7 Å². The number of rotatable bonds is 3. The largest absolute Gasteiger partial charge is 0.348 e. The van der Waals surface area contributed by atoms with Crippen LogP contribution in [0.4, 0.5) is 5.13 Å². The van der Waals surface area contributed by atoms with Crippen molar-refractivity contribution >= 4 is 36.7 Å². The summed E-state index contributed by atoms with van der Waals surface area (Å²) in [6, 6.07) is 8.17. The predicted molar refractivity (Wildman–Crippen MR) is 82.8 cm³/mol.